The minimum absolute atomic E-state index is 0.211. The summed E-state index contributed by atoms with van der Waals surface area (Å²) in [6, 6.07) is 8.13. The van der Waals surface area contributed by atoms with Gasteiger partial charge >= 0.3 is 0 Å². The average Bonchev–Trinajstić information content (AvgIpc) is 2.68. The molecule has 16 heavy (non-hydrogen) atoms. The van der Waals surface area contributed by atoms with E-state index in [2.05, 4.69) is 6.92 Å². The Kier molecular flexibility index (Phi) is 3.20. The van der Waals surface area contributed by atoms with Gasteiger partial charge in [-0.1, -0.05) is 29.8 Å². The van der Waals surface area contributed by atoms with Gasteiger partial charge in [-0.15, -0.1) is 0 Å². The van der Waals surface area contributed by atoms with Gasteiger partial charge in [0.25, 0.3) is 0 Å². The fourth-order valence-corrected chi connectivity index (χ4v) is 2.49. The quantitative estimate of drug-likeness (QED) is 0.733. The molecule has 1 aromatic heterocycles. The number of hydrogen-bond donors (Lipinski definition) is 0. The molecule has 0 aliphatic rings. The molecule has 2 rings (SSSR count). The Balaban J connectivity index is 2.14. The van der Waals surface area contributed by atoms with E-state index >= 15 is 0 Å². The van der Waals surface area contributed by atoms with Crippen molar-refractivity contribution in [3.63, 3.8) is 0 Å². The van der Waals surface area contributed by atoms with Crippen LogP contribution in [0.1, 0.15) is 27.0 Å². The monoisotopic (exact) mass is 230 g/mol. The zero-order chi connectivity index (χ0) is 11.5. The zero-order valence-corrected chi connectivity index (χ0v) is 10.3. The predicted octanol–water partition coefficient (Wildman–Crippen LogP) is 3.79. The molecule has 0 saturated heterocycles. The minimum Gasteiger partial charge on any atom is -0.294 e. The molecule has 0 aliphatic carbocycles. The molecule has 0 radical (unpaired) electrons. The molecule has 0 saturated carbocycles. The van der Waals surface area contributed by atoms with Crippen LogP contribution in [0.25, 0.3) is 0 Å². The van der Waals surface area contributed by atoms with Crippen LogP contribution in [0, 0.1) is 13.8 Å². The second-order valence-electron chi connectivity index (χ2n) is 4.05. The maximum Gasteiger partial charge on any atom is 0.168 e. The first-order valence-corrected chi connectivity index (χ1v) is 6.22. The summed E-state index contributed by atoms with van der Waals surface area (Å²) in [6.07, 6.45) is 0.498. The van der Waals surface area contributed by atoms with Crippen LogP contribution in [-0.2, 0) is 6.42 Å². The molecule has 0 atom stereocenters. The lowest BCUT2D eigenvalue weighted by atomic mass is 10.0. The van der Waals surface area contributed by atoms with Crippen molar-refractivity contribution in [3.05, 3.63) is 57.3 Å². The molecule has 0 bridgehead atoms. The maximum absolute atomic E-state index is 12.0. The first-order valence-electron chi connectivity index (χ1n) is 5.28. The van der Waals surface area contributed by atoms with Crippen molar-refractivity contribution in [1.82, 2.24) is 0 Å². The number of aryl methyl sites for hydroxylation is 2. The van der Waals surface area contributed by atoms with E-state index in [1.54, 1.807) is 11.3 Å². The summed E-state index contributed by atoms with van der Waals surface area (Å²) in [7, 11) is 0. The SMILES string of the molecule is Cc1ccc(CC(=O)c2cscc2C)cc1. The molecule has 2 aromatic rings. The van der Waals surface area contributed by atoms with Crippen molar-refractivity contribution < 1.29 is 4.79 Å². The van der Waals surface area contributed by atoms with E-state index < -0.39 is 0 Å². The first kappa shape index (κ1) is 11.1. The molecular weight excluding hydrogens is 216 g/mol. The molecule has 0 spiro atoms. The molecule has 0 unspecified atom stereocenters. The van der Waals surface area contributed by atoms with E-state index in [0.717, 1.165) is 16.7 Å². The molecule has 1 nitrogen and oxygen atoms in total. The molecule has 0 fully saturated rings. The number of benzene rings is 1. The van der Waals surface area contributed by atoms with Crippen molar-refractivity contribution in [2.75, 3.05) is 0 Å². The van der Waals surface area contributed by atoms with Gasteiger partial charge in [0.05, 0.1) is 0 Å². The minimum atomic E-state index is 0.211. The van der Waals surface area contributed by atoms with E-state index in [1.807, 2.05) is 41.9 Å². The van der Waals surface area contributed by atoms with Crippen LogP contribution in [-0.4, -0.2) is 5.78 Å². The molecule has 0 N–H and O–H groups in total. The molecular formula is C14H14OS. The van der Waals surface area contributed by atoms with Gasteiger partial charge < -0.3 is 0 Å². The average molecular weight is 230 g/mol. The van der Waals surface area contributed by atoms with E-state index in [9.17, 15) is 4.79 Å². The summed E-state index contributed by atoms with van der Waals surface area (Å²) in [4.78, 5) is 12.0. The number of hydrogen-bond acceptors (Lipinski definition) is 2. The maximum atomic E-state index is 12.0. The molecule has 0 aliphatic heterocycles. The fourth-order valence-electron chi connectivity index (χ4n) is 1.63. The lowest BCUT2D eigenvalue weighted by molar-refractivity contribution is 0.0993. The summed E-state index contributed by atoms with van der Waals surface area (Å²) < 4.78 is 0. The largest absolute Gasteiger partial charge is 0.294 e. The lowest BCUT2D eigenvalue weighted by Gasteiger charge is -2.01. The summed E-state index contributed by atoms with van der Waals surface area (Å²) in [5.41, 5.74) is 4.26. The highest BCUT2D eigenvalue weighted by Gasteiger charge is 2.10. The van der Waals surface area contributed by atoms with Gasteiger partial charge in [0, 0.05) is 17.4 Å². The normalized spacial score (nSPS) is 10.4. The Hall–Kier alpha value is -1.41. The van der Waals surface area contributed by atoms with Crippen LogP contribution in [0.2, 0.25) is 0 Å². The Bertz CT molecular complexity index is 494. The van der Waals surface area contributed by atoms with Crippen molar-refractivity contribution in [2.24, 2.45) is 0 Å². The summed E-state index contributed by atoms with van der Waals surface area (Å²) in [5.74, 6) is 0.211. The van der Waals surface area contributed by atoms with Crippen LogP contribution in [0.4, 0.5) is 0 Å². The van der Waals surface area contributed by atoms with E-state index in [4.69, 9.17) is 0 Å². The smallest absolute Gasteiger partial charge is 0.168 e. The molecule has 82 valence electrons. The van der Waals surface area contributed by atoms with Crippen LogP contribution in [0.15, 0.2) is 35.0 Å². The Morgan fingerprint density at radius 3 is 2.38 bits per heavy atom. The first-order chi connectivity index (χ1) is 7.66. The molecule has 0 amide bonds. The third-order valence-corrected chi connectivity index (χ3v) is 3.50. The van der Waals surface area contributed by atoms with Crippen LogP contribution < -0.4 is 0 Å². The highest BCUT2D eigenvalue weighted by Crippen LogP contribution is 2.16. The number of ketones is 1. The summed E-state index contributed by atoms with van der Waals surface area (Å²) in [6.45, 7) is 4.04. The van der Waals surface area contributed by atoms with Gasteiger partial charge in [0.15, 0.2) is 5.78 Å². The molecule has 1 heterocycles. The van der Waals surface area contributed by atoms with Crippen molar-refractivity contribution in [1.29, 1.82) is 0 Å². The van der Waals surface area contributed by atoms with Crippen molar-refractivity contribution in [3.8, 4) is 0 Å². The second kappa shape index (κ2) is 4.62. The van der Waals surface area contributed by atoms with Crippen LogP contribution >= 0.6 is 11.3 Å². The summed E-state index contributed by atoms with van der Waals surface area (Å²) in [5, 5.41) is 3.95. The van der Waals surface area contributed by atoms with Gasteiger partial charge in [-0.25, -0.2) is 0 Å². The van der Waals surface area contributed by atoms with Gasteiger partial charge in [-0.2, -0.15) is 11.3 Å². The van der Waals surface area contributed by atoms with E-state index in [-0.39, 0.29) is 5.78 Å². The van der Waals surface area contributed by atoms with Gasteiger partial charge in [-0.05, 0) is 30.4 Å². The highest BCUT2D eigenvalue weighted by atomic mass is 32.1. The van der Waals surface area contributed by atoms with Crippen molar-refractivity contribution >= 4 is 17.1 Å². The summed E-state index contributed by atoms with van der Waals surface area (Å²) >= 11 is 1.59. The molecule has 2 heteroatoms. The second-order valence-corrected chi connectivity index (χ2v) is 4.80. The lowest BCUT2D eigenvalue weighted by Crippen LogP contribution is -2.03. The highest BCUT2D eigenvalue weighted by molar-refractivity contribution is 7.08. The van der Waals surface area contributed by atoms with Crippen LogP contribution in [0.3, 0.4) is 0 Å². The third kappa shape index (κ3) is 2.39. The predicted molar refractivity (Wildman–Crippen MR) is 68.3 cm³/mol. The molecule has 1 aromatic carbocycles. The van der Waals surface area contributed by atoms with Crippen LogP contribution in [0.5, 0.6) is 0 Å². The Morgan fingerprint density at radius 1 is 1.12 bits per heavy atom. The van der Waals surface area contributed by atoms with Crippen molar-refractivity contribution in [2.45, 2.75) is 20.3 Å². The van der Waals surface area contributed by atoms with Gasteiger partial charge in [-0.3, -0.25) is 4.79 Å². The van der Waals surface area contributed by atoms with Gasteiger partial charge in [0.1, 0.15) is 0 Å². The third-order valence-electron chi connectivity index (χ3n) is 2.64. The number of Topliss-reactive ketones (excluding diaryl/α,β-unsaturated/α-hetero) is 1. The Morgan fingerprint density at radius 2 is 1.81 bits per heavy atom. The number of thiophene rings is 1. The fraction of sp³-hybridized carbons (Fsp3) is 0.214. The Labute approximate surface area is 99.8 Å². The van der Waals surface area contributed by atoms with Gasteiger partial charge in [0.2, 0.25) is 0 Å². The number of rotatable bonds is 3. The van der Waals surface area contributed by atoms with E-state index in [0.29, 0.717) is 6.42 Å². The number of carbonyl (C=O) groups is 1. The number of carbonyl (C=O) groups excluding carboxylic acids is 1. The van der Waals surface area contributed by atoms with E-state index in [1.165, 1.54) is 5.56 Å². The zero-order valence-electron chi connectivity index (χ0n) is 9.49. The standard InChI is InChI=1S/C14H14OS/c1-10-3-5-12(6-4-10)7-14(15)13-9-16-8-11(13)2/h3-6,8-9H,7H2,1-2H3. The topological polar surface area (TPSA) is 17.1 Å².